The number of carbonyl (C=O) groups is 4. The van der Waals surface area contributed by atoms with Crippen LogP contribution in [-0.2, 0) is 19.2 Å². The standard InChI is InChI=1S/C29H26O8/c1-8-26(30)34-23-13-20(14-24(15-23)36-28(32)18(4)5)9-10-21-11-12-22(35-27(31)17(2)3)16-25(21)37-29(33)19(6)7/h11-16H,2,4,6,8H2,1,3,5,7H3. The lowest BCUT2D eigenvalue weighted by Gasteiger charge is -2.10. The SMILES string of the molecule is C=C(C)C(=O)Oc1cc(C#Cc2ccc(OC(=O)C(=C)C)cc2OC(=O)C(=C)C)cc(OC(=O)CC)c1. The van der Waals surface area contributed by atoms with Crippen LogP contribution in [0.2, 0.25) is 0 Å². The van der Waals surface area contributed by atoms with Crippen molar-refractivity contribution in [2.24, 2.45) is 0 Å². The third kappa shape index (κ3) is 8.67. The molecule has 8 heteroatoms. The highest BCUT2D eigenvalue weighted by Gasteiger charge is 2.14. The van der Waals surface area contributed by atoms with Crippen molar-refractivity contribution < 1.29 is 38.1 Å². The fourth-order valence-corrected chi connectivity index (χ4v) is 2.43. The van der Waals surface area contributed by atoms with Gasteiger partial charge < -0.3 is 18.9 Å². The van der Waals surface area contributed by atoms with Crippen LogP contribution in [0.5, 0.6) is 23.0 Å². The first-order valence-corrected chi connectivity index (χ1v) is 11.0. The van der Waals surface area contributed by atoms with E-state index in [4.69, 9.17) is 18.9 Å². The zero-order chi connectivity index (χ0) is 27.7. The number of hydrogen-bond acceptors (Lipinski definition) is 8. The maximum atomic E-state index is 12.2. The van der Waals surface area contributed by atoms with E-state index in [1.54, 1.807) is 6.92 Å². The molecule has 0 aliphatic rings. The van der Waals surface area contributed by atoms with E-state index in [0.29, 0.717) is 5.56 Å². The molecular weight excluding hydrogens is 476 g/mol. The van der Waals surface area contributed by atoms with Crippen molar-refractivity contribution in [1.29, 1.82) is 0 Å². The van der Waals surface area contributed by atoms with E-state index in [2.05, 4.69) is 31.6 Å². The van der Waals surface area contributed by atoms with Crippen molar-refractivity contribution in [1.82, 2.24) is 0 Å². The zero-order valence-electron chi connectivity index (χ0n) is 21.1. The molecule has 2 aromatic carbocycles. The Labute approximate surface area is 215 Å². The summed E-state index contributed by atoms with van der Waals surface area (Å²) in [5, 5.41) is 0. The molecule has 0 heterocycles. The molecule has 0 radical (unpaired) electrons. The van der Waals surface area contributed by atoms with E-state index in [1.165, 1.54) is 57.2 Å². The predicted molar refractivity (Wildman–Crippen MR) is 136 cm³/mol. The third-order valence-corrected chi connectivity index (χ3v) is 4.36. The van der Waals surface area contributed by atoms with Gasteiger partial charge in [0.15, 0.2) is 5.75 Å². The van der Waals surface area contributed by atoms with Crippen LogP contribution in [0.25, 0.3) is 0 Å². The number of carbonyl (C=O) groups excluding carboxylic acids is 4. The Morgan fingerprint density at radius 3 is 1.73 bits per heavy atom. The van der Waals surface area contributed by atoms with Gasteiger partial charge in [0.25, 0.3) is 0 Å². The van der Waals surface area contributed by atoms with Crippen LogP contribution in [0.15, 0.2) is 72.9 Å². The Kier molecular flexibility index (Phi) is 9.73. The second kappa shape index (κ2) is 12.7. The highest BCUT2D eigenvalue weighted by molar-refractivity contribution is 5.90. The minimum atomic E-state index is -0.700. The zero-order valence-corrected chi connectivity index (χ0v) is 21.1. The summed E-state index contributed by atoms with van der Waals surface area (Å²) in [5.74, 6) is 3.59. The summed E-state index contributed by atoms with van der Waals surface area (Å²) in [6.45, 7) is 16.7. The Morgan fingerprint density at radius 1 is 0.676 bits per heavy atom. The molecule has 0 atom stereocenters. The molecule has 0 spiro atoms. The summed E-state index contributed by atoms with van der Waals surface area (Å²) in [7, 11) is 0. The highest BCUT2D eigenvalue weighted by Crippen LogP contribution is 2.27. The van der Waals surface area contributed by atoms with Crippen LogP contribution in [0.4, 0.5) is 0 Å². The predicted octanol–water partition coefficient (Wildman–Crippen LogP) is 4.85. The molecule has 0 unspecified atom stereocenters. The number of esters is 4. The van der Waals surface area contributed by atoms with E-state index in [1.807, 2.05) is 0 Å². The van der Waals surface area contributed by atoms with Crippen molar-refractivity contribution in [3.8, 4) is 34.8 Å². The number of ether oxygens (including phenoxy) is 4. The van der Waals surface area contributed by atoms with Crippen molar-refractivity contribution in [3.05, 3.63) is 84.0 Å². The molecule has 0 aliphatic heterocycles. The van der Waals surface area contributed by atoms with Gasteiger partial charge in [-0.2, -0.15) is 0 Å². The van der Waals surface area contributed by atoms with Crippen molar-refractivity contribution >= 4 is 23.9 Å². The summed E-state index contributed by atoms with van der Waals surface area (Å²) in [6.07, 6.45) is 0.135. The van der Waals surface area contributed by atoms with Gasteiger partial charge in [0.05, 0.1) is 5.56 Å². The van der Waals surface area contributed by atoms with Crippen LogP contribution in [0.3, 0.4) is 0 Å². The van der Waals surface area contributed by atoms with Crippen LogP contribution in [-0.4, -0.2) is 23.9 Å². The third-order valence-electron chi connectivity index (χ3n) is 4.36. The topological polar surface area (TPSA) is 105 Å². The Hall–Kier alpha value is -4.90. The van der Waals surface area contributed by atoms with Gasteiger partial charge in [-0.25, -0.2) is 14.4 Å². The lowest BCUT2D eigenvalue weighted by Crippen LogP contribution is -2.11. The summed E-state index contributed by atoms with van der Waals surface area (Å²) in [4.78, 5) is 47.8. The molecule has 0 N–H and O–H groups in total. The van der Waals surface area contributed by atoms with E-state index in [-0.39, 0.29) is 51.7 Å². The first-order chi connectivity index (χ1) is 17.4. The van der Waals surface area contributed by atoms with Gasteiger partial charge in [-0.15, -0.1) is 0 Å². The number of rotatable bonds is 8. The quantitative estimate of drug-likeness (QED) is 0.218. The van der Waals surface area contributed by atoms with E-state index < -0.39 is 23.9 Å². The first-order valence-electron chi connectivity index (χ1n) is 11.0. The smallest absolute Gasteiger partial charge is 0.338 e. The van der Waals surface area contributed by atoms with Crippen LogP contribution >= 0.6 is 0 Å². The molecule has 0 aliphatic carbocycles. The summed E-state index contributed by atoms with van der Waals surface area (Å²) < 4.78 is 21.1. The average Bonchev–Trinajstić information content (AvgIpc) is 2.83. The van der Waals surface area contributed by atoms with E-state index in [9.17, 15) is 19.2 Å². The van der Waals surface area contributed by atoms with Gasteiger partial charge in [-0.05, 0) is 45.0 Å². The second-order valence-corrected chi connectivity index (χ2v) is 7.94. The molecule has 8 nitrogen and oxygen atoms in total. The van der Waals surface area contributed by atoms with Gasteiger partial charge in [-0.3, -0.25) is 4.79 Å². The van der Waals surface area contributed by atoms with Crippen molar-refractivity contribution in [2.45, 2.75) is 34.1 Å². The first kappa shape index (κ1) is 28.3. The minimum Gasteiger partial charge on any atom is -0.426 e. The normalized spacial score (nSPS) is 9.73. The molecule has 0 amide bonds. The van der Waals surface area contributed by atoms with Gasteiger partial charge >= 0.3 is 23.9 Å². The number of hydrogen-bond donors (Lipinski definition) is 0. The molecule has 0 bridgehead atoms. The highest BCUT2D eigenvalue weighted by atomic mass is 16.6. The molecule has 37 heavy (non-hydrogen) atoms. The molecule has 2 aromatic rings. The van der Waals surface area contributed by atoms with Gasteiger partial charge in [0.2, 0.25) is 0 Å². The lowest BCUT2D eigenvalue weighted by molar-refractivity contribution is -0.134. The van der Waals surface area contributed by atoms with Crippen LogP contribution in [0.1, 0.15) is 45.2 Å². The fourth-order valence-electron chi connectivity index (χ4n) is 2.43. The van der Waals surface area contributed by atoms with Gasteiger partial charge in [0.1, 0.15) is 17.2 Å². The summed E-state index contributed by atoms with van der Waals surface area (Å²) >= 11 is 0. The molecular formula is C29H26O8. The lowest BCUT2D eigenvalue weighted by atomic mass is 10.1. The minimum absolute atomic E-state index is 0.0232. The molecule has 2 rings (SSSR count). The van der Waals surface area contributed by atoms with Crippen LogP contribution in [0, 0.1) is 11.8 Å². The molecule has 0 saturated heterocycles. The van der Waals surface area contributed by atoms with Crippen LogP contribution < -0.4 is 18.9 Å². The Bertz CT molecular complexity index is 1370. The monoisotopic (exact) mass is 502 g/mol. The maximum Gasteiger partial charge on any atom is 0.338 e. The van der Waals surface area contributed by atoms with Crippen molar-refractivity contribution in [3.63, 3.8) is 0 Å². The maximum absolute atomic E-state index is 12.2. The molecule has 0 fully saturated rings. The summed E-state index contributed by atoms with van der Waals surface area (Å²) in [5.41, 5.74) is 1.14. The molecule has 0 saturated carbocycles. The van der Waals surface area contributed by atoms with E-state index in [0.717, 1.165) is 0 Å². The Balaban J connectivity index is 2.52. The second-order valence-electron chi connectivity index (χ2n) is 7.94. The molecule has 190 valence electrons. The molecule has 0 aromatic heterocycles. The average molecular weight is 503 g/mol. The fraction of sp³-hybridized carbons (Fsp3) is 0.172. The van der Waals surface area contributed by atoms with E-state index >= 15 is 0 Å². The largest absolute Gasteiger partial charge is 0.426 e. The van der Waals surface area contributed by atoms with Gasteiger partial charge in [-0.1, -0.05) is 38.5 Å². The number of benzene rings is 2. The van der Waals surface area contributed by atoms with Gasteiger partial charge in [0, 0.05) is 40.8 Å². The van der Waals surface area contributed by atoms with Crippen molar-refractivity contribution in [2.75, 3.05) is 0 Å². The Morgan fingerprint density at radius 2 is 1.19 bits per heavy atom. The summed E-state index contributed by atoms with van der Waals surface area (Å²) in [6, 6.07) is 8.65.